The Bertz CT molecular complexity index is 417. The molecule has 33 heavy (non-hydrogen) atoms. The fraction of sp³-hybridized carbons (Fsp3) is 0.963. The molecule has 0 spiro atoms. The molecule has 6 heteroatoms. The summed E-state index contributed by atoms with van der Waals surface area (Å²) >= 11 is 0. The van der Waals surface area contributed by atoms with Crippen LogP contribution in [-0.2, 0) is 29.9 Å². The molecule has 0 fully saturated rings. The van der Waals surface area contributed by atoms with Gasteiger partial charge in [0.15, 0.2) is 0 Å². The van der Waals surface area contributed by atoms with Gasteiger partial charge in [0.1, 0.15) is 0 Å². The second-order valence-corrected chi connectivity index (χ2v) is 10.4. The van der Waals surface area contributed by atoms with E-state index in [1.165, 1.54) is 141 Å². The molecule has 0 aliphatic rings. The third-order valence-electron chi connectivity index (χ3n) is 6.16. The zero-order valence-corrected chi connectivity index (χ0v) is 26.3. The first-order valence-electron chi connectivity index (χ1n) is 13.9. The van der Waals surface area contributed by atoms with Gasteiger partial charge in [0.2, 0.25) is 0 Å². The predicted molar refractivity (Wildman–Crippen MR) is 141 cm³/mol. The van der Waals surface area contributed by atoms with Crippen LogP contribution in [0.1, 0.15) is 162 Å². The molecule has 0 amide bonds. The van der Waals surface area contributed by atoms with E-state index in [2.05, 4.69) is 27.2 Å². The Balaban J connectivity index is -0.00000134. The molecule has 0 aromatic rings. The number of unbranched alkanes of at least 4 members (excludes halogenated alkanes) is 17. The third-order valence-corrected chi connectivity index (χ3v) is 6.16. The molecule has 2 N–H and O–H groups in total. The Hall–Kier alpha value is 0.493. The maximum atomic E-state index is 8.74. The van der Waals surface area contributed by atoms with E-state index < -0.39 is 10.4 Å². The van der Waals surface area contributed by atoms with Crippen molar-refractivity contribution in [1.82, 2.24) is 0 Å². The summed E-state index contributed by atoms with van der Waals surface area (Å²) in [5.41, 5.74) is 0. The van der Waals surface area contributed by atoms with Crippen molar-refractivity contribution in [2.24, 2.45) is 5.92 Å². The SMILES string of the molecule is CCCCCCCC[CH-]C(CCCCCCCC)CCCCCCCCC.O=S(=O)(O)O.[Zn]. The molecular formula is C27H57O4SZn-. The van der Waals surface area contributed by atoms with Gasteiger partial charge < -0.3 is 6.42 Å². The van der Waals surface area contributed by atoms with Crippen LogP contribution in [0.15, 0.2) is 0 Å². The maximum absolute atomic E-state index is 8.74. The van der Waals surface area contributed by atoms with Gasteiger partial charge in [0, 0.05) is 19.5 Å². The Kier molecular flexibility index (Phi) is 35.2. The van der Waals surface area contributed by atoms with Crippen molar-refractivity contribution in [3.05, 3.63) is 6.42 Å². The first-order valence-corrected chi connectivity index (χ1v) is 15.3. The van der Waals surface area contributed by atoms with Crippen molar-refractivity contribution in [3.63, 3.8) is 0 Å². The molecule has 0 aromatic carbocycles. The van der Waals surface area contributed by atoms with Crippen LogP contribution >= 0.6 is 0 Å². The fourth-order valence-corrected chi connectivity index (χ4v) is 4.21. The third kappa shape index (κ3) is 43.0. The van der Waals surface area contributed by atoms with E-state index in [0.29, 0.717) is 0 Å². The Morgan fingerprint density at radius 3 is 1.15 bits per heavy atom. The second-order valence-electron chi connectivity index (χ2n) is 9.47. The largest absolute Gasteiger partial charge is 0.394 e. The van der Waals surface area contributed by atoms with Gasteiger partial charge in [-0.05, 0) is 0 Å². The quantitative estimate of drug-likeness (QED) is 0.0583. The van der Waals surface area contributed by atoms with Gasteiger partial charge in [0.25, 0.3) is 0 Å². The Morgan fingerprint density at radius 2 is 0.818 bits per heavy atom. The standard InChI is InChI=1S/C27H55.H2O4S.Zn/c1-4-7-10-13-16-19-22-25-27(24-21-18-15-12-9-6-3)26-23-20-17-14-11-8-5-2;1-5(2,3)4;/h25,27H,4-24,26H2,1-3H3;(H2,1,2,3,4);/q-1;;. The summed E-state index contributed by atoms with van der Waals surface area (Å²) in [6, 6.07) is 0. The van der Waals surface area contributed by atoms with E-state index in [0.717, 1.165) is 5.92 Å². The minimum atomic E-state index is -4.67. The van der Waals surface area contributed by atoms with Gasteiger partial charge in [-0.2, -0.15) is 20.8 Å². The molecule has 0 aliphatic carbocycles. The van der Waals surface area contributed by atoms with Crippen molar-refractivity contribution in [1.29, 1.82) is 0 Å². The zero-order chi connectivity index (χ0) is 24.3. The molecule has 0 aliphatic heterocycles. The van der Waals surface area contributed by atoms with E-state index >= 15 is 0 Å². The van der Waals surface area contributed by atoms with Crippen molar-refractivity contribution < 1.29 is 37.0 Å². The van der Waals surface area contributed by atoms with Crippen LogP contribution in [-0.4, -0.2) is 17.5 Å². The number of rotatable bonds is 23. The summed E-state index contributed by atoms with van der Waals surface area (Å²) in [5.74, 6) is 0.919. The van der Waals surface area contributed by atoms with Crippen molar-refractivity contribution in [2.75, 3.05) is 0 Å². The van der Waals surface area contributed by atoms with Gasteiger partial charge in [-0.3, -0.25) is 9.11 Å². The van der Waals surface area contributed by atoms with Crippen LogP contribution in [0.5, 0.6) is 0 Å². The van der Waals surface area contributed by atoms with Crippen LogP contribution in [0.4, 0.5) is 0 Å². The van der Waals surface area contributed by atoms with Crippen molar-refractivity contribution in [2.45, 2.75) is 162 Å². The summed E-state index contributed by atoms with van der Waals surface area (Å²) in [6.07, 6.45) is 34.5. The molecule has 1 atom stereocenters. The normalized spacial score (nSPS) is 12.0. The topological polar surface area (TPSA) is 74.6 Å². The first kappa shape index (κ1) is 38.0. The van der Waals surface area contributed by atoms with E-state index in [1.807, 2.05) is 0 Å². The molecular weight excluding hydrogens is 486 g/mol. The molecule has 0 saturated heterocycles. The van der Waals surface area contributed by atoms with E-state index in [1.54, 1.807) is 0 Å². The maximum Gasteiger partial charge on any atom is 0.394 e. The summed E-state index contributed by atoms with van der Waals surface area (Å²) in [4.78, 5) is 0. The average molecular weight is 543 g/mol. The average Bonchev–Trinajstić information content (AvgIpc) is 2.73. The van der Waals surface area contributed by atoms with Crippen LogP contribution in [0.2, 0.25) is 0 Å². The van der Waals surface area contributed by atoms with E-state index in [-0.39, 0.29) is 19.5 Å². The summed E-state index contributed by atoms with van der Waals surface area (Å²) < 4.78 is 31.6. The fourth-order valence-electron chi connectivity index (χ4n) is 4.21. The smallest absolute Gasteiger partial charge is 0.325 e. The van der Waals surface area contributed by atoms with Crippen LogP contribution in [0.3, 0.4) is 0 Å². The molecule has 0 radical (unpaired) electrons. The Labute approximate surface area is 221 Å². The van der Waals surface area contributed by atoms with E-state index in [9.17, 15) is 0 Å². The number of hydrogen-bond acceptors (Lipinski definition) is 2. The minimum absolute atomic E-state index is 0. The van der Waals surface area contributed by atoms with Gasteiger partial charge >= 0.3 is 10.4 Å². The summed E-state index contributed by atoms with van der Waals surface area (Å²) in [6.45, 7) is 6.94. The van der Waals surface area contributed by atoms with Crippen LogP contribution < -0.4 is 0 Å². The molecule has 1 unspecified atom stereocenters. The first-order chi connectivity index (χ1) is 15.3. The number of hydrogen-bond donors (Lipinski definition) is 2. The van der Waals surface area contributed by atoms with Gasteiger partial charge in [0.05, 0.1) is 0 Å². The Morgan fingerprint density at radius 1 is 0.545 bits per heavy atom. The van der Waals surface area contributed by atoms with Gasteiger partial charge in [-0.1, -0.05) is 156 Å². The van der Waals surface area contributed by atoms with Crippen molar-refractivity contribution >= 4 is 10.4 Å². The second kappa shape index (κ2) is 30.5. The summed E-state index contributed by atoms with van der Waals surface area (Å²) in [5, 5.41) is 0. The molecule has 0 rings (SSSR count). The van der Waals surface area contributed by atoms with Gasteiger partial charge in [-0.25, -0.2) is 0 Å². The molecule has 0 heterocycles. The molecule has 0 aromatic heterocycles. The predicted octanol–water partition coefficient (Wildman–Crippen LogP) is 9.79. The molecule has 0 bridgehead atoms. The molecule has 4 nitrogen and oxygen atoms in total. The van der Waals surface area contributed by atoms with E-state index in [4.69, 9.17) is 17.5 Å². The molecule has 198 valence electrons. The zero-order valence-electron chi connectivity index (χ0n) is 22.5. The monoisotopic (exact) mass is 541 g/mol. The van der Waals surface area contributed by atoms with Gasteiger partial charge in [-0.15, -0.1) is 0 Å². The van der Waals surface area contributed by atoms with Crippen LogP contribution in [0.25, 0.3) is 0 Å². The summed E-state index contributed by atoms with van der Waals surface area (Å²) in [7, 11) is -4.67. The van der Waals surface area contributed by atoms with Crippen LogP contribution in [0, 0.1) is 12.3 Å². The van der Waals surface area contributed by atoms with Crippen molar-refractivity contribution in [3.8, 4) is 0 Å². The molecule has 0 saturated carbocycles. The minimum Gasteiger partial charge on any atom is -0.325 e.